The van der Waals surface area contributed by atoms with E-state index in [-0.39, 0.29) is 0 Å². The Morgan fingerprint density at radius 1 is 0.545 bits per heavy atom. The summed E-state index contributed by atoms with van der Waals surface area (Å²) in [7, 11) is 0. The first-order valence-electron chi connectivity index (χ1n) is 10.4. The van der Waals surface area contributed by atoms with E-state index >= 15 is 0 Å². The number of nitrogens with zero attached hydrogens (tertiary/aromatic N) is 2. The van der Waals surface area contributed by atoms with E-state index in [1.165, 1.54) is 73.0 Å². The van der Waals surface area contributed by atoms with Gasteiger partial charge in [-0.2, -0.15) is 8.75 Å². The highest BCUT2D eigenvalue weighted by Gasteiger charge is 2.18. The smallest absolute Gasteiger partial charge is 0.114 e. The van der Waals surface area contributed by atoms with E-state index in [2.05, 4.69) is 71.4 Å². The summed E-state index contributed by atoms with van der Waals surface area (Å²) >= 11 is 8.62. The van der Waals surface area contributed by atoms with E-state index < -0.39 is 0 Å². The molecule has 0 saturated heterocycles. The van der Waals surface area contributed by atoms with Gasteiger partial charge in [-0.3, -0.25) is 0 Å². The Bertz CT molecular complexity index is 1850. The lowest BCUT2D eigenvalue weighted by Crippen LogP contribution is -1.81. The summed E-state index contributed by atoms with van der Waals surface area (Å²) in [6.45, 7) is 0. The Labute approximate surface area is 208 Å². The van der Waals surface area contributed by atoms with Crippen LogP contribution in [0.1, 0.15) is 0 Å². The van der Waals surface area contributed by atoms with Crippen molar-refractivity contribution in [3.8, 4) is 20.9 Å². The molecular formula is C26H12N2S5. The normalized spacial score (nSPS) is 12.2. The summed E-state index contributed by atoms with van der Waals surface area (Å²) in [6, 6.07) is 22.5. The van der Waals surface area contributed by atoms with Crippen LogP contribution in [0, 0.1) is 0 Å². The maximum Gasteiger partial charge on any atom is 0.114 e. The number of benzene rings is 3. The van der Waals surface area contributed by atoms with E-state index in [1.54, 1.807) is 22.7 Å². The molecule has 0 aliphatic rings. The molecule has 2 nitrogen and oxygen atoms in total. The van der Waals surface area contributed by atoms with Crippen molar-refractivity contribution in [1.82, 2.24) is 8.75 Å². The van der Waals surface area contributed by atoms with Gasteiger partial charge in [0.25, 0.3) is 0 Å². The fraction of sp³-hybridized carbons (Fsp3) is 0. The molecule has 0 spiro atoms. The maximum absolute atomic E-state index is 4.74. The van der Waals surface area contributed by atoms with Crippen LogP contribution >= 0.6 is 57.1 Å². The summed E-state index contributed by atoms with van der Waals surface area (Å²) in [5.74, 6) is 0. The minimum Gasteiger partial charge on any atom is -0.172 e. The van der Waals surface area contributed by atoms with Gasteiger partial charge in [0.2, 0.25) is 0 Å². The third-order valence-electron chi connectivity index (χ3n) is 6.18. The lowest BCUT2D eigenvalue weighted by molar-refractivity contribution is 1.64. The average Bonchev–Trinajstić information content (AvgIpc) is 3.65. The third kappa shape index (κ3) is 2.68. The molecule has 0 bridgehead atoms. The summed E-state index contributed by atoms with van der Waals surface area (Å²) in [5.41, 5.74) is 4.36. The molecule has 0 amide bonds. The summed E-state index contributed by atoms with van der Waals surface area (Å²) < 4.78 is 14.9. The molecule has 7 heteroatoms. The van der Waals surface area contributed by atoms with Gasteiger partial charge in [-0.25, -0.2) is 0 Å². The highest BCUT2D eigenvalue weighted by atomic mass is 32.1. The van der Waals surface area contributed by atoms with Gasteiger partial charge in [0, 0.05) is 50.5 Å². The lowest BCUT2D eigenvalue weighted by Gasteiger charge is -2.03. The molecule has 0 unspecified atom stereocenters. The molecular weight excluding hydrogens is 501 g/mol. The number of rotatable bonds is 2. The first-order chi connectivity index (χ1) is 16.3. The molecule has 8 rings (SSSR count). The van der Waals surface area contributed by atoms with Crippen LogP contribution in [0.25, 0.3) is 72.3 Å². The molecule has 5 aromatic heterocycles. The molecule has 0 aliphatic carbocycles. The van der Waals surface area contributed by atoms with Crippen molar-refractivity contribution in [3.63, 3.8) is 0 Å². The van der Waals surface area contributed by atoms with Crippen LogP contribution < -0.4 is 0 Å². The first kappa shape index (κ1) is 18.7. The summed E-state index contributed by atoms with van der Waals surface area (Å²) in [5, 5.41) is 9.65. The second kappa shape index (κ2) is 6.91. The van der Waals surface area contributed by atoms with Crippen molar-refractivity contribution < 1.29 is 0 Å². The summed E-state index contributed by atoms with van der Waals surface area (Å²) in [4.78, 5) is 2.51. The van der Waals surface area contributed by atoms with Crippen molar-refractivity contribution >= 4 is 108 Å². The second-order valence-corrected chi connectivity index (χ2v) is 12.5. The average molecular weight is 513 g/mol. The highest BCUT2D eigenvalue weighted by molar-refractivity contribution is 7.25. The maximum atomic E-state index is 4.74. The van der Waals surface area contributed by atoms with Gasteiger partial charge in [0.05, 0.1) is 11.7 Å². The molecule has 0 atom stereocenters. The quantitative estimate of drug-likeness (QED) is 0.230. The second-order valence-electron chi connectivity index (χ2n) is 7.98. The number of hydrogen-bond acceptors (Lipinski definition) is 7. The van der Waals surface area contributed by atoms with Crippen molar-refractivity contribution in [2.75, 3.05) is 0 Å². The van der Waals surface area contributed by atoms with Crippen LogP contribution in [-0.4, -0.2) is 8.75 Å². The van der Waals surface area contributed by atoms with Gasteiger partial charge in [-0.05, 0) is 57.9 Å². The first-order valence-corrected chi connectivity index (χ1v) is 14.5. The Balaban J connectivity index is 1.34. The van der Waals surface area contributed by atoms with Crippen molar-refractivity contribution in [1.29, 1.82) is 0 Å². The number of aromatic nitrogens is 2. The fourth-order valence-electron chi connectivity index (χ4n) is 4.61. The Hall–Kier alpha value is -2.68. The standard InChI is InChI=1S/C26H12N2S5/c1-5-19-17(7-9-29-19)25-13(1)11-21(31-25)15-3-4-16(24-23(15)27-33-28-24)22-12-14-2-6-20-18(8-10-30-20)26(14)32-22/h1-12H. The van der Waals surface area contributed by atoms with E-state index in [0.717, 1.165) is 11.0 Å². The van der Waals surface area contributed by atoms with E-state index in [9.17, 15) is 0 Å². The van der Waals surface area contributed by atoms with Crippen LogP contribution in [0.2, 0.25) is 0 Å². The fourth-order valence-corrected chi connectivity index (χ4v) is 9.33. The largest absolute Gasteiger partial charge is 0.172 e. The number of fused-ring (bicyclic) bond motifs is 7. The minimum atomic E-state index is 1.00. The monoisotopic (exact) mass is 512 g/mol. The van der Waals surface area contributed by atoms with Gasteiger partial charge in [-0.1, -0.05) is 24.3 Å². The predicted octanol–water partition coefficient (Wildman–Crippen LogP) is 9.88. The Kier molecular flexibility index (Phi) is 3.92. The van der Waals surface area contributed by atoms with Gasteiger partial charge in [-0.15, -0.1) is 45.3 Å². The van der Waals surface area contributed by atoms with Crippen LogP contribution in [0.5, 0.6) is 0 Å². The zero-order valence-electron chi connectivity index (χ0n) is 16.9. The van der Waals surface area contributed by atoms with Crippen molar-refractivity contribution in [3.05, 3.63) is 71.4 Å². The molecule has 3 aromatic carbocycles. The molecule has 156 valence electrons. The molecule has 5 heterocycles. The Morgan fingerprint density at radius 3 is 1.58 bits per heavy atom. The van der Waals surface area contributed by atoms with Gasteiger partial charge < -0.3 is 0 Å². The van der Waals surface area contributed by atoms with Crippen LogP contribution in [0.3, 0.4) is 0 Å². The molecule has 33 heavy (non-hydrogen) atoms. The molecule has 0 fully saturated rings. The number of thiophene rings is 4. The zero-order valence-corrected chi connectivity index (χ0v) is 20.9. The molecule has 8 aromatic rings. The van der Waals surface area contributed by atoms with Gasteiger partial charge >= 0.3 is 0 Å². The van der Waals surface area contributed by atoms with Gasteiger partial charge in [0.15, 0.2) is 0 Å². The van der Waals surface area contributed by atoms with E-state index in [0.29, 0.717) is 0 Å². The van der Waals surface area contributed by atoms with Crippen LogP contribution in [-0.2, 0) is 0 Å². The minimum absolute atomic E-state index is 1.00. The topological polar surface area (TPSA) is 25.8 Å². The van der Waals surface area contributed by atoms with Gasteiger partial charge in [0.1, 0.15) is 11.0 Å². The SMILES string of the molecule is c1cc2c(ccc3cc(-c4ccc(-c5cc6ccc7sccc7c6s5)c5nsnc45)sc32)s1. The van der Waals surface area contributed by atoms with E-state index in [4.69, 9.17) is 8.75 Å². The molecule has 0 saturated carbocycles. The summed E-state index contributed by atoms with van der Waals surface area (Å²) in [6.07, 6.45) is 0. The predicted molar refractivity (Wildman–Crippen MR) is 150 cm³/mol. The molecule has 0 N–H and O–H groups in total. The van der Waals surface area contributed by atoms with Crippen LogP contribution in [0.4, 0.5) is 0 Å². The molecule has 0 aliphatic heterocycles. The third-order valence-corrected chi connectivity index (χ3v) is 10.9. The lowest BCUT2D eigenvalue weighted by atomic mass is 10.0. The highest BCUT2D eigenvalue weighted by Crippen LogP contribution is 2.45. The number of hydrogen-bond donors (Lipinski definition) is 0. The zero-order chi connectivity index (χ0) is 21.5. The Morgan fingerprint density at radius 2 is 1.06 bits per heavy atom. The molecule has 0 radical (unpaired) electrons. The van der Waals surface area contributed by atoms with Crippen LogP contribution in [0.15, 0.2) is 71.4 Å². The van der Waals surface area contributed by atoms with Crippen molar-refractivity contribution in [2.24, 2.45) is 0 Å². The van der Waals surface area contributed by atoms with E-state index in [1.807, 2.05) is 22.7 Å². The van der Waals surface area contributed by atoms with Crippen molar-refractivity contribution in [2.45, 2.75) is 0 Å².